The molecular formula is C23H24ClN3S. The van der Waals surface area contributed by atoms with Gasteiger partial charge in [-0.15, -0.1) is 0 Å². The van der Waals surface area contributed by atoms with Crippen LogP contribution in [0.5, 0.6) is 0 Å². The van der Waals surface area contributed by atoms with E-state index in [1.165, 1.54) is 32.3 Å². The van der Waals surface area contributed by atoms with Crippen LogP contribution in [0.4, 0.5) is 5.82 Å². The van der Waals surface area contributed by atoms with Gasteiger partial charge in [-0.1, -0.05) is 42.0 Å². The third-order valence-corrected chi connectivity index (χ3v) is 7.15. The van der Waals surface area contributed by atoms with Crippen molar-refractivity contribution >= 4 is 39.0 Å². The zero-order chi connectivity index (χ0) is 19.1. The monoisotopic (exact) mass is 409 g/mol. The summed E-state index contributed by atoms with van der Waals surface area (Å²) in [5, 5.41) is 2.20. The molecule has 2 aliphatic rings. The quantitative estimate of drug-likeness (QED) is 0.567. The molecule has 28 heavy (non-hydrogen) atoms. The normalized spacial score (nSPS) is 17.5. The van der Waals surface area contributed by atoms with Gasteiger partial charge in [0.25, 0.3) is 0 Å². The van der Waals surface area contributed by atoms with E-state index >= 15 is 0 Å². The number of nitrogens with zero attached hydrogens (tertiary/aromatic N) is 3. The third kappa shape index (κ3) is 3.45. The largest absolute Gasteiger partial charge is 0.353 e. The van der Waals surface area contributed by atoms with Gasteiger partial charge in [0, 0.05) is 43.1 Å². The highest BCUT2D eigenvalue weighted by Gasteiger charge is 2.21. The Bertz CT molecular complexity index is 1030. The fourth-order valence-electron chi connectivity index (χ4n) is 4.39. The number of piperazine rings is 1. The topological polar surface area (TPSA) is 19.4 Å². The van der Waals surface area contributed by atoms with E-state index in [0.29, 0.717) is 0 Å². The Morgan fingerprint density at radius 2 is 1.79 bits per heavy atom. The van der Waals surface area contributed by atoms with Crippen molar-refractivity contribution in [3.63, 3.8) is 0 Å². The van der Waals surface area contributed by atoms with Crippen LogP contribution in [0.25, 0.3) is 10.1 Å². The van der Waals surface area contributed by atoms with Crippen molar-refractivity contribution in [1.82, 2.24) is 9.27 Å². The number of allylic oxidation sites excluding steroid dienone is 1. The summed E-state index contributed by atoms with van der Waals surface area (Å²) in [5.74, 6) is 1.15. The molecule has 0 atom stereocenters. The maximum Gasteiger partial charge on any atom is 0.150 e. The average molecular weight is 410 g/mol. The van der Waals surface area contributed by atoms with Gasteiger partial charge < -0.3 is 4.90 Å². The van der Waals surface area contributed by atoms with Crippen LogP contribution in [0.3, 0.4) is 0 Å². The van der Waals surface area contributed by atoms with Crippen LogP contribution >= 0.6 is 23.1 Å². The number of benzene rings is 2. The highest BCUT2D eigenvalue weighted by molar-refractivity contribution is 7.13. The molecule has 3 aromatic rings. The van der Waals surface area contributed by atoms with Gasteiger partial charge in [0.05, 0.1) is 4.70 Å². The molecule has 5 heteroatoms. The summed E-state index contributed by atoms with van der Waals surface area (Å²) in [5.41, 5.74) is 5.37. The molecule has 1 aliphatic carbocycles. The predicted octanol–water partition coefficient (Wildman–Crippen LogP) is 4.97. The fourth-order valence-corrected chi connectivity index (χ4v) is 5.47. The lowest BCUT2D eigenvalue weighted by molar-refractivity contribution is 0.261. The van der Waals surface area contributed by atoms with E-state index in [0.717, 1.165) is 62.8 Å². The van der Waals surface area contributed by atoms with Crippen LogP contribution in [0, 0.1) is 0 Å². The lowest BCUT2D eigenvalue weighted by Gasteiger charge is -2.35. The minimum atomic E-state index is 0.918. The maximum atomic E-state index is 6.56. The van der Waals surface area contributed by atoms with Gasteiger partial charge in [0.2, 0.25) is 0 Å². The first-order chi connectivity index (χ1) is 13.7. The minimum Gasteiger partial charge on any atom is -0.353 e. The number of hydrogen-bond donors (Lipinski definition) is 0. The predicted molar refractivity (Wildman–Crippen MR) is 120 cm³/mol. The molecule has 2 heterocycles. The highest BCUT2D eigenvalue weighted by atomic mass is 35.5. The van der Waals surface area contributed by atoms with E-state index in [2.05, 4.69) is 52.8 Å². The number of fused-ring (bicyclic) bond motifs is 2. The first-order valence-electron chi connectivity index (χ1n) is 9.96. The van der Waals surface area contributed by atoms with Crippen molar-refractivity contribution in [2.24, 2.45) is 0 Å². The summed E-state index contributed by atoms with van der Waals surface area (Å²) in [6.07, 6.45) is 3.01. The summed E-state index contributed by atoms with van der Waals surface area (Å²) in [7, 11) is 0. The number of rotatable bonds is 4. The first kappa shape index (κ1) is 18.2. The van der Waals surface area contributed by atoms with Gasteiger partial charge in [-0.05, 0) is 65.7 Å². The third-order valence-electron chi connectivity index (χ3n) is 5.98. The SMILES string of the molecule is C=C1Cc2cc(Cl)c(CCN3CCN(c4nsc5ccccc45)CC3)cc2C1. The second-order valence-electron chi connectivity index (χ2n) is 7.90. The Kier molecular flexibility index (Phi) is 4.87. The maximum absolute atomic E-state index is 6.56. The van der Waals surface area contributed by atoms with Crippen LogP contribution in [0.2, 0.25) is 5.02 Å². The van der Waals surface area contributed by atoms with Gasteiger partial charge in [0.15, 0.2) is 0 Å². The van der Waals surface area contributed by atoms with Crippen LogP contribution in [0.1, 0.15) is 16.7 Å². The second kappa shape index (κ2) is 7.51. The van der Waals surface area contributed by atoms with Crippen molar-refractivity contribution in [2.45, 2.75) is 19.3 Å². The van der Waals surface area contributed by atoms with Crippen molar-refractivity contribution in [2.75, 3.05) is 37.6 Å². The molecule has 0 saturated carbocycles. The van der Waals surface area contributed by atoms with Gasteiger partial charge in [-0.2, -0.15) is 4.37 Å². The standard InChI is InChI=1S/C23H24ClN3S/c1-16-12-18-14-17(21(24)15-19(18)13-16)6-7-26-8-10-27(11-9-26)23-20-4-2-3-5-22(20)28-25-23/h2-5,14-15H,1,6-13H2. The Balaban J connectivity index is 1.20. The van der Waals surface area contributed by atoms with Gasteiger partial charge >= 0.3 is 0 Å². The van der Waals surface area contributed by atoms with E-state index in [-0.39, 0.29) is 0 Å². The summed E-state index contributed by atoms with van der Waals surface area (Å²) in [6, 6.07) is 13.0. The van der Waals surface area contributed by atoms with Crippen molar-refractivity contribution < 1.29 is 0 Å². The Morgan fingerprint density at radius 3 is 2.61 bits per heavy atom. The number of anilines is 1. The Morgan fingerprint density at radius 1 is 1.04 bits per heavy atom. The van der Waals surface area contributed by atoms with Gasteiger partial charge in [-0.3, -0.25) is 4.90 Å². The molecule has 1 aliphatic heterocycles. The highest BCUT2D eigenvalue weighted by Crippen LogP contribution is 2.32. The smallest absolute Gasteiger partial charge is 0.150 e. The van der Waals surface area contributed by atoms with E-state index in [4.69, 9.17) is 16.0 Å². The van der Waals surface area contributed by atoms with Crippen LogP contribution in [-0.4, -0.2) is 42.0 Å². The minimum absolute atomic E-state index is 0.918. The lowest BCUT2D eigenvalue weighted by atomic mass is 10.0. The van der Waals surface area contributed by atoms with Gasteiger partial charge in [-0.25, -0.2) is 0 Å². The molecule has 3 nitrogen and oxygen atoms in total. The zero-order valence-electron chi connectivity index (χ0n) is 16.0. The molecule has 144 valence electrons. The molecule has 0 N–H and O–H groups in total. The van der Waals surface area contributed by atoms with E-state index in [1.54, 1.807) is 11.5 Å². The molecule has 0 unspecified atom stereocenters. The van der Waals surface area contributed by atoms with Crippen molar-refractivity contribution in [3.05, 3.63) is 70.3 Å². The fraction of sp³-hybridized carbons (Fsp3) is 0.348. The summed E-state index contributed by atoms with van der Waals surface area (Å²) < 4.78 is 5.99. The lowest BCUT2D eigenvalue weighted by Crippen LogP contribution is -2.47. The molecule has 1 aromatic heterocycles. The molecule has 0 amide bonds. The molecule has 0 radical (unpaired) electrons. The molecular weight excluding hydrogens is 386 g/mol. The Labute approximate surface area is 175 Å². The van der Waals surface area contributed by atoms with Crippen LogP contribution in [0.15, 0.2) is 48.6 Å². The summed E-state index contributed by atoms with van der Waals surface area (Å²) in [6.45, 7) is 9.41. The zero-order valence-corrected chi connectivity index (χ0v) is 17.5. The number of aromatic nitrogens is 1. The van der Waals surface area contributed by atoms with E-state index < -0.39 is 0 Å². The summed E-state index contributed by atoms with van der Waals surface area (Å²) >= 11 is 8.16. The number of halogens is 1. The Hall–Kier alpha value is -1.88. The van der Waals surface area contributed by atoms with E-state index in [9.17, 15) is 0 Å². The summed E-state index contributed by atoms with van der Waals surface area (Å²) in [4.78, 5) is 4.98. The molecule has 0 spiro atoms. The molecule has 2 aromatic carbocycles. The van der Waals surface area contributed by atoms with Crippen LogP contribution in [-0.2, 0) is 19.3 Å². The van der Waals surface area contributed by atoms with Crippen molar-refractivity contribution in [1.29, 1.82) is 0 Å². The van der Waals surface area contributed by atoms with Gasteiger partial charge in [0.1, 0.15) is 5.82 Å². The molecule has 0 bridgehead atoms. The molecule has 5 rings (SSSR count). The average Bonchev–Trinajstić information content (AvgIpc) is 3.29. The van der Waals surface area contributed by atoms with E-state index in [1.807, 2.05) is 0 Å². The second-order valence-corrected chi connectivity index (χ2v) is 9.11. The van der Waals surface area contributed by atoms with Crippen LogP contribution < -0.4 is 4.90 Å². The molecule has 1 fully saturated rings. The van der Waals surface area contributed by atoms with Crippen molar-refractivity contribution in [3.8, 4) is 0 Å². The first-order valence-corrected chi connectivity index (χ1v) is 11.1. The molecule has 1 saturated heterocycles. The number of hydrogen-bond acceptors (Lipinski definition) is 4.